The van der Waals surface area contributed by atoms with Gasteiger partial charge in [0.1, 0.15) is 0 Å². The first-order valence-corrected chi connectivity index (χ1v) is 0. The van der Waals surface area contributed by atoms with Crippen molar-refractivity contribution in [3.63, 3.8) is 0 Å². The third-order valence-electron chi connectivity index (χ3n) is 0. The molecule has 0 atom stereocenters. The van der Waals surface area contributed by atoms with Crippen LogP contribution in [-0.2, 0) is 0 Å². The molecule has 0 heterocycles. The minimum atomic E-state index is 0. The van der Waals surface area contributed by atoms with E-state index in [0.717, 1.165) is 0 Å². The maximum absolute atomic E-state index is 0. The molecule has 0 fully saturated rings. The topological polar surface area (TPSA) is 31.5 Å². The van der Waals surface area contributed by atoms with Crippen LogP contribution in [0.3, 0.4) is 0 Å². The van der Waals surface area contributed by atoms with Crippen LogP contribution in [0.2, 0.25) is 0 Å². The van der Waals surface area contributed by atoms with Gasteiger partial charge in [0.25, 0.3) is 0 Å². The fourth-order valence-electron chi connectivity index (χ4n) is 0. The Labute approximate surface area is 108 Å². The van der Waals surface area contributed by atoms with E-state index in [2.05, 4.69) is 0 Å². The Morgan fingerprint density at radius 3 is 0.667 bits per heavy atom. The van der Waals surface area contributed by atoms with E-state index in [-0.39, 0.29) is 110 Å². The van der Waals surface area contributed by atoms with E-state index in [1.807, 2.05) is 0 Å². The van der Waals surface area contributed by atoms with Crippen LogP contribution in [0.25, 0.3) is 0 Å². The monoisotopic (exact) mass is 186 g/mol. The van der Waals surface area contributed by atoms with Crippen molar-refractivity contribution in [1.82, 2.24) is 0 Å². The van der Waals surface area contributed by atoms with Gasteiger partial charge >= 0.3 is 67.3 Å². The first kappa shape index (κ1) is 62.3. The molecule has 6 heavy (non-hydrogen) atoms. The van der Waals surface area contributed by atoms with Crippen LogP contribution in [0.5, 0.6) is 0 Å². The minimum Gasteiger partial charge on any atom is -1.00 e. The van der Waals surface area contributed by atoms with E-state index >= 15 is 0 Å². The second-order valence-electron chi connectivity index (χ2n) is 0. The van der Waals surface area contributed by atoms with Gasteiger partial charge in [-0.05, 0) is 0 Å². The van der Waals surface area contributed by atoms with E-state index in [4.69, 9.17) is 0 Å². The fourth-order valence-corrected chi connectivity index (χ4v) is 0. The SMILES string of the molecule is O.[Ca+2].[Cl-].[Cl-].[Cl-].[Na+]. The standard InChI is InChI=1S/Ca.3ClH.Na.H2O/h;3*1H;;1H2/q+2;;;;+1;/p-3. The Hall–Kier alpha value is 3.09. The van der Waals surface area contributed by atoms with Crippen molar-refractivity contribution < 1.29 is 72.3 Å². The average Bonchev–Trinajstić information content (AvgIpc) is 0. The Bertz CT molecular complexity index is 10.8. The molecule has 0 radical (unpaired) electrons. The van der Waals surface area contributed by atoms with Gasteiger partial charge in [0.2, 0.25) is 0 Å². The molecule has 0 saturated heterocycles. The first-order valence-electron chi connectivity index (χ1n) is 0. The van der Waals surface area contributed by atoms with E-state index in [0.29, 0.717) is 0 Å². The van der Waals surface area contributed by atoms with Gasteiger partial charge in [-0.2, -0.15) is 0 Å². The molecule has 1 nitrogen and oxygen atoms in total. The Kier molecular flexibility index (Phi) is 442. The van der Waals surface area contributed by atoms with Crippen molar-refractivity contribution in [1.29, 1.82) is 0 Å². The van der Waals surface area contributed by atoms with Gasteiger partial charge in [-0.3, -0.25) is 0 Å². The predicted octanol–water partition coefficient (Wildman–Crippen LogP) is -13.2. The third-order valence-corrected chi connectivity index (χ3v) is 0. The van der Waals surface area contributed by atoms with Gasteiger partial charge in [0.15, 0.2) is 0 Å². The largest absolute Gasteiger partial charge is 2.00 e. The van der Waals surface area contributed by atoms with Gasteiger partial charge in [0, 0.05) is 0 Å². The molecule has 0 saturated carbocycles. The minimum absolute atomic E-state index is 0. The van der Waals surface area contributed by atoms with Gasteiger partial charge in [-0.1, -0.05) is 0 Å². The molecular weight excluding hydrogens is 185 g/mol. The zero-order valence-electron chi connectivity index (χ0n) is 3.34. The average molecular weight is 187 g/mol. The smallest absolute Gasteiger partial charge is 1.00 e. The molecule has 0 bridgehead atoms. The molecule has 32 valence electrons. The van der Waals surface area contributed by atoms with Gasteiger partial charge in [-0.25, -0.2) is 0 Å². The molecule has 0 spiro atoms. The molecule has 0 aliphatic rings. The molecule has 0 unspecified atom stereocenters. The molecule has 0 aromatic carbocycles. The second-order valence-corrected chi connectivity index (χ2v) is 0. The van der Waals surface area contributed by atoms with E-state index in [1.54, 1.807) is 0 Å². The van der Waals surface area contributed by atoms with Crippen LogP contribution in [-0.4, -0.2) is 43.2 Å². The molecule has 2 N–H and O–H groups in total. The number of hydrogen-bond acceptors (Lipinski definition) is 0. The van der Waals surface area contributed by atoms with Gasteiger partial charge < -0.3 is 42.7 Å². The predicted molar refractivity (Wildman–Crippen MR) is 9.37 cm³/mol. The van der Waals surface area contributed by atoms with Crippen LogP contribution in [0.15, 0.2) is 0 Å². The molecule has 6 heteroatoms. The first-order chi connectivity index (χ1) is 0. The summed E-state index contributed by atoms with van der Waals surface area (Å²) in [5.41, 5.74) is 0. The van der Waals surface area contributed by atoms with E-state index in [9.17, 15) is 0 Å². The Morgan fingerprint density at radius 2 is 0.667 bits per heavy atom. The molecule has 0 amide bonds. The summed E-state index contributed by atoms with van der Waals surface area (Å²) in [5, 5.41) is 0. The van der Waals surface area contributed by atoms with Crippen molar-refractivity contribution in [3.05, 3.63) is 0 Å². The number of halogens is 3. The molecule has 0 rings (SSSR count). The van der Waals surface area contributed by atoms with Crippen LogP contribution >= 0.6 is 0 Å². The third kappa shape index (κ3) is 27.5. The summed E-state index contributed by atoms with van der Waals surface area (Å²) in [7, 11) is 0. The number of hydrogen-bond donors (Lipinski definition) is 0. The summed E-state index contributed by atoms with van der Waals surface area (Å²) in [6.45, 7) is 0. The Morgan fingerprint density at radius 1 is 0.667 bits per heavy atom. The van der Waals surface area contributed by atoms with Crippen LogP contribution in [0.4, 0.5) is 0 Å². The zero-order valence-corrected chi connectivity index (χ0v) is 9.82. The maximum atomic E-state index is 0. The Balaban J connectivity index is 0. The summed E-state index contributed by atoms with van der Waals surface area (Å²) in [4.78, 5) is 0. The number of rotatable bonds is 0. The van der Waals surface area contributed by atoms with Crippen LogP contribution in [0.1, 0.15) is 0 Å². The maximum Gasteiger partial charge on any atom is 2.00 e. The van der Waals surface area contributed by atoms with Crippen molar-refractivity contribution in [2.75, 3.05) is 0 Å². The van der Waals surface area contributed by atoms with Crippen molar-refractivity contribution in [3.8, 4) is 0 Å². The normalized spacial score (nSPS) is 0. The van der Waals surface area contributed by atoms with Crippen LogP contribution < -0.4 is 66.8 Å². The second kappa shape index (κ2) is 42.6. The van der Waals surface area contributed by atoms with E-state index < -0.39 is 0 Å². The van der Waals surface area contributed by atoms with Crippen molar-refractivity contribution >= 4 is 37.7 Å². The van der Waals surface area contributed by atoms with Crippen LogP contribution in [0, 0.1) is 0 Å². The molecular formula is H2CaCl3NaO. The summed E-state index contributed by atoms with van der Waals surface area (Å²) in [6, 6.07) is 0. The fraction of sp³-hybridized carbons (Fsp3) is 0. The molecule has 0 aliphatic heterocycles. The molecule has 0 aromatic rings. The van der Waals surface area contributed by atoms with Gasteiger partial charge in [0.05, 0.1) is 0 Å². The summed E-state index contributed by atoms with van der Waals surface area (Å²) < 4.78 is 0. The quantitative estimate of drug-likeness (QED) is 0.338. The van der Waals surface area contributed by atoms with Gasteiger partial charge in [-0.15, -0.1) is 0 Å². The summed E-state index contributed by atoms with van der Waals surface area (Å²) >= 11 is 0. The molecule has 0 aliphatic carbocycles. The summed E-state index contributed by atoms with van der Waals surface area (Å²) in [5.74, 6) is 0. The van der Waals surface area contributed by atoms with Crippen molar-refractivity contribution in [2.24, 2.45) is 0 Å². The van der Waals surface area contributed by atoms with E-state index in [1.165, 1.54) is 0 Å². The zero-order chi connectivity index (χ0) is 0. The summed E-state index contributed by atoms with van der Waals surface area (Å²) in [6.07, 6.45) is 0. The van der Waals surface area contributed by atoms with Crippen molar-refractivity contribution in [2.45, 2.75) is 0 Å². The molecule has 0 aromatic heterocycles.